The molecule has 0 bridgehead atoms. The summed E-state index contributed by atoms with van der Waals surface area (Å²) in [6, 6.07) is 6.23. The molecule has 1 unspecified atom stereocenters. The van der Waals surface area contributed by atoms with Crippen LogP contribution in [0.5, 0.6) is 0 Å². The fraction of sp³-hybridized carbons (Fsp3) is 0.462. The standard InChI is InChI=1S/C13H16ClN3/c1-9-4-2-3-7-17(9)12-6-5-11(16)10(8-15)13(12)14/h5-6,9H,2-4,7,16H2,1H3. The average molecular weight is 250 g/mol. The van der Waals surface area contributed by atoms with Crippen LogP contribution in [0.2, 0.25) is 5.02 Å². The molecule has 3 nitrogen and oxygen atoms in total. The number of nitrogens with two attached hydrogens (primary N) is 1. The minimum Gasteiger partial charge on any atom is -0.398 e. The lowest BCUT2D eigenvalue weighted by atomic mass is 10.0. The van der Waals surface area contributed by atoms with Gasteiger partial charge in [0, 0.05) is 12.6 Å². The number of hydrogen-bond donors (Lipinski definition) is 1. The summed E-state index contributed by atoms with van der Waals surface area (Å²) in [5.41, 5.74) is 7.51. The number of nitriles is 1. The number of hydrogen-bond acceptors (Lipinski definition) is 3. The molecule has 0 spiro atoms. The lowest BCUT2D eigenvalue weighted by Gasteiger charge is -2.36. The van der Waals surface area contributed by atoms with Crippen LogP contribution in [0.3, 0.4) is 0 Å². The molecular weight excluding hydrogens is 234 g/mol. The lowest BCUT2D eigenvalue weighted by molar-refractivity contribution is 0.485. The molecule has 1 aliphatic heterocycles. The molecule has 2 rings (SSSR count). The Bertz CT molecular complexity index is 464. The molecule has 17 heavy (non-hydrogen) atoms. The van der Waals surface area contributed by atoms with E-state index in [1.165, 1.54) is 19.3 Å². The normalized spacial score (nSPS) is 20.1. The first-order chi connectivity index (χ1) is 8.15. The van der Waals surface area contributed by atoms with Crippen LogP contribution in [-0.2, 0) is 0 Å². The van der Waals surface area contributed by atoms with E-state index in [9.17, 15) is 0 Å². The molecule has 1 saturated heterocycles. The van der Waals surface area contributed by atoms with Gasteiger partial charge in [-0.2, -0.15) is 5.26 Å². The number of benzene rings is 1. The highest BCUT2D eigenvalue weighted by atomic mass is 35.5. The van der Waals surface area contributed by atoms with Gasteiger partial charge in [-0.05, 0) is 38.3 Å². The second kappa shape index (κ2) is 4.85. The largest absolute Gasteiger partial charge is 0.398 e. The Morgan fingerprint density at radius 1 is 1.47 bits per heavy atom. The Labute approximate surface area is 107 Å². The van der Waals surface area contributed by atoms with Crippen LogP contribution in [-0.4, -0.2) is 12.6 Å². The number of rotatable bonds is 1. The van der Waals surface area contributed by atoms with Crippen molar-refractivity contribution in [1.82, 2.24) is 0 Å². The van der Waals surface area contributed by atoms with Gasteiger partial charge in [-0.15, -0.1) is 0 Å². The molecule has 0 radical (unpaired) electrons. The van der Waals surface area contributed by atoms with Gasteiger partial charge in [0.2, 0.25) is 0 Å². The molecule has 1 atom stereocenters. The van der Waals surface area contributed by atoms with Crippen molar-refractivity contribution in [2.75, 3.05) is 17.2 Å². The highest BCUT2D eigenvalue weighted by molar-refractivity contribution is 6.34. The smallest absolute Gasteiger partial charge is 0.103 e. The second-order valence-corrected chi connectivity index (χ2v) is 4.89. The van der Waals surface area contributed by atoms with Gasteiger partial charge in [-0.3, -0.25) is 0 Å². The van der Waals surface area contributed by atoms with E-state index in [1.54, 1.807) is 6.07 Å². The second-order valence-electron chi connectivity index (χ2n) is 4.51. The van der Waals surface area contributed by atoms with Crippen molar-refractivity contribution >= 4 is 23.0 Å². The molecule has 1 aliphatic rings. The number of anilines is 2. The molecule has 0 saturated carbocycles. The Hall–Kier alpha value is -1.40. The zero-order valence-electron chi connectivity index (χ0n) is 9.91. The van der Waals surface area contributed by atoms with Crippen LogP contribution < -0.4 is 10.6 Å². The Kier molecular flexibility index (Phi) is 3.44. The van der Waals surface area contributed by atoms with E-state index in [4.69, 9.17) is 22.6 Å². The van der Waals surface area contributed by atoms with Crippen LogP contribution in [0, 0.1) is 11.3 Å². The van der Waals surface area contributed by atoms with Gasteiger partial charge in [0.05, 0.1) is 22.0 Å². The summed E-state index contributed by atoms with van der Waals surface area (Å²) in [6.45, 7) is 3.19. The van der Waals surface area contributed by atoms with Gasteiger partial charge in [-0.1, -0.05) is 11.6 Å². The zero-order chi connectivity index (χ0) is 12.4. The van der Waals surface area contributed by atoms with Crippen molar-refractivity contribution in [3.05, 3.63) is 22.7 Å². The maximum atomic E-state index is 9.06. The van der Waals surface area contributed by atoms with Crippen molar-refractivity contribution in [3.8, 4) is 6.07 Å². The molecule has 1 aromatic rings. The maximum absolute atomic E-state index is 9.06. The third kappa shape index (κ3) is 2.18. The lowest BCUT2D eigenvalue weighted by Crippen LogP contribution is -2.37. The highest BCUT2D eigenvalue weighted by Crippen LogP contribution is 2.35. The van der Waals surface area contributed by atoms with Gasteiger partial charge < -0.3 is 10.6 Å². The molecule has 0 amide bonds. The van der Waals surface area contributed by atoms with Gasteiger partial charge in [0.15, 0.2) is 0 Å². The van der Waals surface area contributed by atoms with Gasteiger partial charge >= 0.3 is 0 Å². The highest BCUT2D eigenvalue weighted by Gasteiger charge is 2.22. The van der Waals surface area contributed by atoms with Crippen LogP contribution in [0.1, 0.15) is 31.7 Å². The van der Waals surface area contributed by atoms with E-state index in [0.29, 0.717) is 22.3 Å². The van der Waals surface area contributed by atoms with Gasteiger partial charge in [0.25, 0.3) is 0 Å². The number of piperidine rings is 1. The molecule has 0 aliphatic carbocycles. The molecule has 2 N–H and O–H groups in total. The monoisotopic (exact) mass is 249 g/mol. The third-order valence-electron chi connectivity index (χ3n) is 3.38. The summed E-state index contributed by atoms with van der Waals surface area (Å²) in [6.07, 6.45) is 3.60. The molecule has 90 valence electrons. The summed E-state index contributed by atoms with van der Waals surface area (Å²) >= 11 is 6.27. The number of halogens is 1. The van der Waals surface area contributed by atoms with Crippen molar-refractivity contribution in [1.29, 1.82) is 5.26 Å². The summed E-state index contributed by atoms with van der Waals surface area (Å²) in [5.74, 6) is 0. The summed E-state index contributed by atoms with van der Waals surface area (Å²) in [5, 5.41) is 9.54. The Morgan fingerprint density at radius 2 is 2.24 bits per heavy atom. The number of nitrogens with zero attached hydrogens (tertiary/aromatic N) is 2. The van der Waals surface area contributed by atoms with Gasteiger partial charge in [-0.25, -0.2) is 0 Å². The van der Waals surface area contributed by atoms with Gasteiger partial charge in [0.1, 0.15) is 6.07 Å². The molecule has 0 aromatic heterocycles. The first-order valence-electron chi connectivity index (χ1n) is 5.90. The SMILES string of the molecule is CC1CCCCN1c1ccc(N)c(C#N)c1Cl. The topological polar surface area (TPSA) is 53.0 Å². The number of nitrogen functional groups attached to an aromatic ring is 1. The molecule has 4 heteroatoms. The molecule has 1 aromatic carbocycles. The third-order valence-corrected chi connectivity index (χ3v) is 3.76. The summed E-state index contributed by atoms with van der Waals surface area (Å²) in [7, 11) is 0. The first kappa shape index (κ1) is 12.1. The van der Waals surface area contributed by atoms with Crippen LogP contribution in [0.15, 0.2) is 12.1 Å². The molecular formula is C13H16ClN3. The minimum absolute atomic E-state index is 0.391. The van der Waals surface area contributed by atoms with E-state index in [1.807, 2.05) is 6.07 Å². The van der Waals surface area contributed by atoms with E-state index in [-0.39, 0.29) is 0 Å². The van der Waals surface area contributed by atoms with E-state index < -0.39 is 0 Å². The van der Waals surface area contributed by atoms with E-state index in [2.05, 4.69) is 17.9 Å². The predicted octanol–water partition coefficient (Wildman–Crippen LogP) is 3.17. The van der Waals surface area contributed by atoms with Crippen molar-refractivity contribution in [2.45, 2.75) is 32.2 Å². The van der Waals surface area contributed by atoms with Crippen molar-refractivity contribution in [2.24, 2.45) is 0 Å². The van der Waals surface area contributed by atoms with Crippen LogP contribution in [0.25, 0.3) is 0 Å². The average Bonchev–Trinajstić information content (AvgIpc) is 2.31. The van der Waals surface area contributed by atoms with Crippen molar-refractivity contribution < 1.29 is 0 Å². The van der Waals surface area contributed by atoms with Crippen LogP contribution >= 0.6 is 11.6 Å². The fourth-order valence-electron chi connectivity index (χ4n) is 2.37. The molecule has 1 heterocycles. The zero-order valence-corrected chi connectivity index (χ0v) is 10.7. The predicted molar refractivity (Wildman–Crippen MR) is 71.2 cm³/mol. The fourth-order valence-corrected chi connectivity index (χ4v) is 2.69. The Balaban J connectivity index is 2.42. The van der Waals surface area contributed by atoms with Crippen LogP contribution in [0.4, 0.5) is 11.4 Å². The maximum Gasteiger partial charge on any atom is 0.103 e. The summed E-state index contributed by atoms with van der Waals surface area (Å²) < 4.78 is 0. The molecule has 1 fully saturated rings. The van der Waals surface area contributed by atoms with E-state index >= 15 is 0 Å². The quantitative estimate of drug-likeness (QED) is 0.778. The minimum atomic E-state index is 0.391. The van der Waals surface area contributed by atoms with E-state index in [0.717, 1.165) is 12.2 Å². The first-order valence-corrected chi connectivity index (χ1v) is 6.27. The summed E-state index contributed by atoms with van der Waals surface area (Å²) in [4.78, 5) is 2.27. The Morgan fingerprint density at radius 3 is 2.88 bits per heavy atom. The van der Waals surface area contributed by atoms with Crippen molar-refractivity contribution in [3.63, 3.8) is 0 Å².